The Morgan fingerprint density at radius 2 is 2.21 bits per heavy atom. The molecule has 0 spiro atoms. The van der Waals surface area contributed by atoms with Gasteiger partial charge in [-0.25, -0.2) is 9.97 Å². The molecule has 128 valence electrons. The normalized spacial score (nSPS) is 12.3. The van der Waals surface area contributed by atoms with Crippen LogP contribution >= 0.6 is 11.8 Å². The highest BCUT2D eigenvalue weighted by Crippen LogP contribution is 2.17. The number of allylic oxidation sites excluding steroid dienone is 1. The maximum absolute atomic E-state index is 12.6. The number of thioether (sulfide) groups is 1. The summed E-state index contributed by atoms with van der Waals surface area (Å²) in [5.74, 6) is 0.474. The molecule has 0 aliphatic rings. The predicted octanol–water partition coefficient (Wildman–Crippen LogP) is 2.23. The minimum atomic E-state index is -0.175. The van der Waals surface area contributed by atoms with Crippen molar-refractivity contribution in [2.24, 2.45) is 5.92 Å². The third kappa shape index (κ3) is 4.23. The number of carbonyl (C=O) groups excluding carboxylic acids is 1. The summed E-state index contributed by atoms with van der Waals surface area (Å²) in [7, 11) is 0. The Balaban J connectivity index is 2.24. The molecule has 0 aliphatic carbocycles. The van der Waals surface area contributed by atoms with Gasteiger partial charge < -0.3 is 5.32 Å². The lowest BCUT2D eigenvalue weighted by Crippen LogP contribution is -2.37. The fourth-order valence-corrected chi connectivity index (χ4v) is 2.84. The lowest BCUT2D eigenvalue weighted by atomic mass is 10.1. The Kier molecular flexibility index (Phi) is 6.14. The Hall–Kier alpha value is -2.15. The van der Waals surface area contributed by atoms with Crippen LogP contribution in [-0.4, -0.2) is 32.2 Å². The number of nitrogens with one attached hydrogen (secondary N) is 1. The number of fused-ring (bicyclic) bond motifs is 1. The van der Waals surface area contributed by atoms with Crippen molar-refractivity contribution in [2.45, 2.75) is 38.5 Å². The lowest BCUT2D eigenvalue weighted by Gasteiger charge is -2.17. The number of hydrogen-bond donors (Lipinski definition) is 1. The Morgan fingerprint density at radius 1 is 1.46 bits per heavy atom. The first-order chi connectivity index (χ1) is 11.4. The molecule has 2 aromatic rings. The number of hydrogen-bond acceptors (Lipinski definition) is 5. The van der Waals surface area contributed by atoms with E-state index in [1.165, 1.54) is 16.3 Å². The largest absolute Gasteiger partial charge is 0.353 e. The van der Waals surface area contributed by atoms with Gasteiger partial charge in [0, 0.05) is 18.8 Å². The van der Waals surface area contributed by atoms with E-state index in [4.69, 9.17) is 0 Å². The molecule has 7 heteroatoms. The quantitative estimate of drug-likeness (QED) is 0.473. The highest BCUT2D eigenvalue weighted by Gasteiger charge is 2.15. The highest BCUT2D eigenvalue weighted by atomic mass is 32.2. The van der Waals surface area contributed by atoms with Crippen LogP contribution in [0.4, 0.5) is 0 Å². The predicted molar refractivity (Wildman–Crippen MR) is 97.2 cm³/mol. The summed E-state index contributed by atoms with van der Waals surface area (Å²) < 4.78 is 1.51. The molecule has 0 aliphatic heterocycles. The molecule has 1 unspecified atom stereocenters. The van der Waals surface area contributed by atoms with E-state index in [1.54, 1.807) is 24.4 Å². The third-order valence-electron chi connectivity index (χ3n) is 3.73. The molecule has 0 bridgehead atoms. The van der Waals surface area contributed by atoms with Crippen molar-refractivity contribution in [3.05, 3.63) is 41.3 Å². The maximum atomic E-state index is 12.6. The number of rotatable bonds is 7. The maximum Gasteiger partial charge on any atom is 0.263 e. The average Bonchev–Trinajstić information content (AvgIpc) is 2.56. The molecule has 0 saturated heterocycles. The Bertz CT molecular complexity index is 801. The second-order valence-corrected chi connectivity index (χ2v) is 6.80. The van der Waals surface area contributed by atoms with Crippen LogP contribution in [0.25, 0.3) is 11.0 Å². The van der Waals surface area contributed by atoms with Crippen molar-refractivity contribution in [1.82, 2.24) is 19.9 Å². The molecular weight excluding hydrogens is 324 g/mol. The fraction of sp³-hybridized carbons (Fsp3) is 0.412. The summed E-state index contributed by atoms with van der Waals surface area (Å²) in [6.07, 6.45) is 3.23. The molecule has 2 heterocycles. The van der Waals surface area contributed by atoms with E-state index < -0.39 is 0 Å². The fourth-order valence-electron chi connectivity index (χ4n) is 2.03. The van der Waals surface area contributed by atoms with Gasteiger partial charge in [-0.2, -0.15) is 0 Å². The summed E-state index contributed by atoms with van der Waals surface area (Å²) in [6.45, 7) is 10.1. The highest BCUT2D eigenvalue weighted by molar-refractivity contribution is 7.99. The second-order valence-electron chi connectivity index (χ2n) is 5.86. The monoisotopic (exact) mass is 346 g/mol. The van der Waals surface area contributed by atoms with Crippen LogP contribution < -0.4 is 10.9 Å². The van der Waals surface area contributed by atoms with Crippen molar-refractivity contribution in [3.63, 3.8) is 0 Å². The van der Waals surface area contributed by atoms with E-state index in [1.807, 2.05) is 6.92 Å². The molecule has 1 atom stereocenters. The van der Waals surface area contributed by atoms with Crippen molar-refractivity contribution in [3.8, 4) is 0 Å². The zero-order valence-electron chi connectivity index (χ0n) is 14.2. The van der Waals surface area contributed by atoms with E-state index in [2.05, 4.69) is 35.7 Å². The molecule has 2 rings (SSSR count). The van der Waals surface area contributed by atoms with Crippen LogP contribution in [0.5, 0.6) is 0 Å². The van der Waals surface area contributed by atoms with Crippen molar-refractivity contribution in [2.75, 3.05) is 5.75 Å². The molecule has 0 fully saturated rings. The number of carbonyl (C=O) groups is 1. The smallest absolute Gasteiger partial charge is 0.263 e. The van der Waals surface area contributed by atoms with E-state index >= 15 is 0 Å². The zero-order valence-corrected chi connectivity index (χ0v) is 15.0. The number of nitrogens with zero attached hydrogens (tertiary/aromatic N) is 3. The molecule has 1 amide bonds. The number of pyridine rings is 1. The van der Waals surface area contributed by atoms with Gasteiger partial charge in [-0.15, -0.1) is 6.58 Å². The summed E-state index contributed by atoms with van der Waals surface area (Å²) >= 11 is 1.23. The Labute approximate surface area is 145 Å². The van der Waals surface area contributed by atoms with Gasteiger partial charge in [0.05, 0.1) is 11.1 Å². The molecule has 0 radical (unpaired) electrons. The van der Waals surface area contributed by atoms with Gasteiger partial charge in [0.15, 0.2) is 10.8 Å². The van der Waals surface area contributed by atoms with Crippen LogP contribution in [0, 0.1) is 5.92 Å². The molecule has 24 heavy (non-hydrogen) atoms. The molecule has 0 saturated carbocycles. The van der Waals surface area contributed by atoms with Gasteiger partial charge in [-0.05, 0) is 25.0 Å². The van der Waals surface area contributed by atoms with Crippen LogP contribution in [0.15, 0.2) is 40.9 Å². The zero-order chi connectivity index (χ0) is 17.7. The summed E-state index contributed by atoms with van der Waals surface area (Å²) in [5, 5.41) is 3.87. The Morgan fingerprint density at radius 3 is 2.88 bits per heavy atom. The summed E-state index contributed by atoms with van der Waals surface area (Å²) in [6, 6.07) is 3.50. The number of amides is 1. The first kappa shape index (κ1) is 18.2. The van der Waals surface area contributed by atoms with Crippen LogP contribution in [-0.2, 0) is 11.3 Å². The third-order valence-corrected chi connectivity index (χ3v) is 4.70. The average molecular weight is 346 g/mol. The minimum Gasteiger partial charge on any atom is -0.353 e. The van der Waals surface area contributed by atoms with Crippen LogP contribution in [0.2, 0.25) is 0 Å². The molecule has 6 nitrogen and oxygen atoms in total. The molecule has 0 aromatic carbocycles. The van der Waals surface area contributed by atoms with Crippen molar-refractivity contribution in [1.29, 1.82) is 0 Å². The van der Waals surface area contributed by atoms with E-state index in [0.717, 1.165) is 0 Å². The van der Waals surface area contributed by atoms with E-state index in [0.29, 0.717) is 28.7 Å². The summed E-state index contributed by atoms with van der Waals surface area (Å²) in [5.41, 5.74) is 0.215. The van der Waals surface area contributed by atoms with Crippen molar-refractivity contribution < 1.29 is 4.79 Å². The van der Waals surface area contributed by atoms with E-state index in [9.17, 15) is 9.59 Å². The molecular formula is C17H22N4O2S. The lowest BCUT2D eigenvalue weighted by molar-refractivity contribution is -0.119. The van der Waals surface area contributed by atoms with Gasteiger partial charge >= 0.3 is 0 Å². The van der Waals surface area contributed by atoms with Crippen molar-refractivity contribution >= 4 is 28.7 Å². The standard InChI is InChI=1S/C17H22N4O2S/c1-5-9-21-16(23)13-7-6-8-18-15(13)20-17(21)24-10-14(22)19-12(4)11(2)3/h5-8,11-12H,1,9-10H2,2-4H3,(H,19,22). The van der Waals surface area contributed by atoms with Crippen LogP contribution in [0.1, 0.15) is 20.8 Å². The minimum absolute atomic E-state index is 0.0817. The van der Waals surface area contributed by atoms with Gasteiger partial charge in [-0.3, -0.25) is 14.2 Å². The van der Waals surface area contributed by atoms with Gasteiger partial charge in [0.25, 0.3) is 5.56 Å². The number of aromatic nitrogens is 3. The first-order valence-corrected chi connectivity index (χ1v) is 8.81. The van der Waals surface area contributed by atoms with Crippen LogP contribution in [0.3, 0.4) is 0 Å². The molecule has 2 aromatic heterocycles. The second kappa shape index (κ2) is 8.10. The SMILES string of the molecule is C=CCn1c(SCC(=O)NC(C)C(C)C)nc2ncccc2c1=O. The topological polar surface area (TPSA) is 76.9 Å². The van der Waals surface area contributed by atoms with Gasteiger partial charge in [-0.1, -0.05) is 31.7 Å². The van der Waals surface area contributed by atoms with Gasteiger partial charge in [0.1, 0.15) is 0 Å². The van der Waals surface area contributed by atoms with Gasteiger partial charge in [0.2, 0.25) is 5.91 Å². The van der Waals surface area contributed by atoms with E-state index in [-0.39, 0.29) is 23.3 Å². The summed E-state index contributed by atoms with van der Waals surface area (Å²) in [4.78, 5) is 33.2. The first-order valence-electron chi connectivity index (χ1n) is 7.82. The molecule has 1 N–H and O–H groups in total.